The van der Waals surface area contributed by atoms with Gasteiger partial charge < -0.3 is 10.2 Å². The first-order chi connectivity index (χ1) is 12.2. The zero-order valence-electron chi connectivity index (χ0n) is 14.4. The van der Waals surface area contributed by atoms with Gasteiger partial charge in [0.15, 0.2) is 4.34 Å². The van der Waals surface area contributed by atoms with Crippen LogP contribution in [0, 0.1) is 12.8 Å². The molecule has 0 saturated carbocycles. The molecule has 8 heteroatoms. The Morgan fingerprint density at radius 2 is 2.36 bits per heavy atom. The second-order valence-corrected chi connectivity index (χ2v) is 8.58. The van der Waals surface area contributed by atoms with Gasteiger partial charge in [0.05, 0.1) is 5.92 Å². The van der Waals surface area contributed by atoms with E-state index >= 15 is 0 Å². The van der Waals surface area contributed by atoms with Gasteiger partial charge in [0.25, 0.3) is 0 Å². The first-order valence-electron chi connectivity index (χ1n) is 8.59. The summed E-state index contributed by atoms with van der Waals surface area (Å²) in [6.07, 6.45) is 4.72. The number of pyridine rings is 1. The van der Waals surface area contributed by atoms with Crippen LogP contribution < -0.4 is 10.2 Å². The van der Waals surface area contributed by atoms with E-state index in [0.717, 1.165) is 53.3 Å². The number of thioether (sulfide) groups is 1. The van der Waals surface area contributed by atoms with Crippen molar-refractivity contribution in [3.05, 3.63) is 29.4 Å². The van der Waals surface area contributed by atoms with E-state index in [4.69, 9.17) is 0 Å². The van der Waals surface area contributed by atoms with E-state index in [-0.39, 0.29) is 11.8 Å². The fraction of sp³-hybridized carbons (Fsp3) is 0.529. The molecular weight excluding hydrogens is 354 g/mol. The number of aryl methyl sites for hydroxylation is 1. The van der Waals surface area contributed by atoms with Crippen LogP contribution in [0.2, 0.25) is 0 Å². The number of aromatic nitrogens is 3. The molecule has 6 nitrogen and oxygen atoms in total. The third-order valence-corrected chi connectivity index (χ3v) is 6.18. The molecule has 1 amide bonds. The van der Waals surface area contributed by atoms with Crippen LogP contribution in [-0.2, 0) is 4.79 Å². The summed E-state index contributed by atoms with van der Waals surface area (Å²) in [4.78, 5) is 19.0. The van der Waals surface area contributed by atoms with Gasteiger partial charge in [-0.1, -0.05) is 29.2 Å². The lowest BCUT2D eigenvalue weighted by Gasteiger charge is -2.32. The Kier molecular flexibility index (Phi) is 6.63. The summed E-state index contributed by atoms with van der Waals surface area (Å²) in [5.41, 5.74) is 0. The van der Waals surface area contributed by atoms with Crippen molar-refractivity contribution in [1.29, 1.82) is 0 Å². The summed E-state index contributed by atoms with van der Waals surface area (Å²) in [6, 6.07) is 5.91. The predicted molar refractivity (Wildman–Crippen MR) is 102 cm³/mol. The molecule has 3 rings (SSSR count). The first kappa shape index (κ1) is 18.1. The van der Waals surface area contributed by atoms with Crippen LogP contribution in [0.1, 0.15) is 24.3 Å². The van der Waals surface area contributed by atoms with E-state index in [0.29, 0.717) is 6.54 Å². The van der Waals surface area contributed by atoms with Crippen molar-refractivity contribution in [2.45, 2.75) is 30.5 Å². The number of anilines is 1. The molecule has 0 radical (unpaired) electrons. The van der Waals surface area contributed by atoms with Crippen molar-refractivity contribution < 1.29 is 4.79 Å². The van der Waals surface area contributed by atoms with Crippen LogP contribution in [0.15, 0.2) is 28.7 Å². The van der Waals surface area contributed by atoms with E-state index in [2.05, 4.69) is 25.4 Å². The average Bonchev–Trinajstić information content (AvgIpc) is 3.07. The van der Waals surface area contributed by atoms with E-state index in [9.17, 15) is 4.79 Å². The van der Waals surface area contributed by atoms with Crippen molar-refractivity contribution in [3.63, 3.8) is 0 Å². The van der Waals surface area contributed by atoms with Gasteiger partial charge in [-0.3, -0.25) is 4.79 Å². The second-order valence-electron chi connectivity index (χ2n) is 6.05. The Balaban J connectivity index is 1.37. The highest BCUT2D eigenvalue weighted by Gasteiger charge is 2.26. The van der Waals surface area contributed by atoms with Gasteiger partial charge in [0, 0.05) is 31.6 Å². The summed E-state index contributed by atoms with van der Waals surface area (Å²) in [5.74, 6) is 2.12. The van der Waals surface area contributed by atoms with Gasteiger partial charge in [-0.2, -0.15) is 0 Å². The number of nitrogens with one attached hydrogen (secondary N) is 1. The molecule has 0 unspecified atom stereocenters. The fourth-order valence-electron chi connectivity index (χ4n) is 2.86. The summed E-state index contributed by atoms with van der Waals surface area (Å²) in [6.45, 7) is 4.39. The Hall–Kier alpha value is -1.67. The molecule has 0 bridgehead atoms. The number of piperidine rings is 1. The normalized spacial score (nSPS) is 17.5. The number of amides is 1. The lowest BCUT2D eigenvalue weighted by atomic mass is 9.97. The zero-order chi connectivity index (χ0) is 17.5. The molecule has 1 fully saturated rings. The molecule has 0 spiro atoms. The molecule has 1 N–H and O–H groups in total. The van der Waals surface area contributed by atoms with Gasteiger partial charge in [0.1, 0.15) is 10.8 Å². The van der Waals surface area contributed by atoms with Gasteiger partial charge in [0.2, 0.25) is 5.91 Å². The smallest absolute Gasteiger partial charge is 0.224 e. The molecule has 2 aromatic rings. The van der Waals surface area contributed by atoms with Crippen molar-refractivity contribution in [1.82, 2.24) is 20.5 Å². The lowest BCUT2D eigenvalue weighted by molar-refractivity contribution is -0.125. The van der Waals surface area contributed by atoms with E-state index in [1.807, 2.05) is 25.1 Å². The minimum absolute atomic E-state index is 0.0502. The summed E-state index contributed by atoms with van der Waals surface area (Å²) >= 11 is 3.32. The number of carbonyl (C=O) groups is 1. The average molecular weight is 378 g/mol. The molecule has 25 heavy (non-hydrogen) atoms. The van der Waals surface area contributed by atoms with Crippen molar-refractivity contribution in [2.24, 2.45) is 5.92 Å². The maximum absolute atomic E-state index is 12.4. The van der Waals surface area contributed by atoms with Crippen molar-refractivity contribution in [2.75, 3.05) is 30.3 Å². The standard InChI is InChI=1S/C17H23N5OS2/c1-13-20-21-17(25-13)24-11-5-9-19-16(23)14-6-4-10-22(12-14)15-7-2-3-8-18-15/h2-3,7-8,14H,4-6,9-12H2,1H3,(H,19,23)/t14-/m0/s1. The number of carbonyl (C=O) groups excluding carboxylic acids is 1. The summed E-state index contributed by atoms with van der Waals surface area (Å²) < 4.78 is 1.00. The van der Waals surface area contributed by atoms with E-state index < -0.39 is 0 Å². The predicted octanol–water partition coefficient (Wildman–Crippen LogP) is 2.76. The lowest BCUT2D eigenvalue weighted by Crippen LogP contribution is -2.43. The molecule has 1 aliphatic heterocycles. The minimum atomic E-state index is 0.0502. The van der Waals surface area contributed by atoms with E-state index in [1.54, 1.807) is 29.3 Å². The maximum Gasteiger partial charge on any atom is 0.224 e. The molecule has 3 heterocycles. The quantitative estimate of drug-likeness (QED) is 0.591. The Morgan fingerprint density at radius 1 is 1.44 bits per heavy atom. The third kappa shape index (κ3) is 5.40. The highest BCUT2D eigenvalue weighted by molar-refractivity contribution is 8.01. The summed E-state index contributed by atoms with van der Waals surface area (Å²) in [7, 11) is 0. The maximum atomic E-state index is 12.4. The topological polar surface area (TPSA) is 71.0 Å². The first-order valence-corrected chi connectivity index (χ1v) is 10.4. The Bertz CT molecular complexity index is 679. The number of hydrogen-bond donors (Lipinski definition) is 1. The monoisotopic (exact) mass is 377 g/mol. The van der Waals surface area contributed by atoms with Crippen LogP contribution in [0.3, 0.4) is 0 Å². The van der Waals surface area contributed by atoms with Crippen LogP contribution >= 0.6 is 23.1 Å². The highest BCUT2D eigenvalue weighted by atomic mass is 32.2. The second kappa shape index (κ2) is 9.15. The minimum Gasteiger partial charge on any atom is -0.356 e. The third-order valence-electron chi connectivity index (χ3n) is 4.12. The zero-order valence-corrected chi connectivity index (χ0v) is 16.0. The molecule has 0 aromatic carbocycles. The van der Waals surface area contributed by atoms with Gasteiger partial charge in [-0.15, -0.1) is 10.2 Å². The molecule has 1 atom stereocenters. The molecular formula is C17H23N5OS2. The SMILES string of the molecule is Cc1nnc(SCCCNC(=O)[C@H]2CCCN(c3ccccn3)C2)s1. The van der Waals surface area contributed by atoms with Crippen LogP contribution in [-0.4, -0.2) is 46.5 Å². The van der Waals surface area contributed by atoms with E-state index in [1.165, 1.54) is 0 Å². The van der Waals surface area contributed by atoms with Gasteiger partial charge in [-0.25, -0.2) is 4.98 Å². The Morgan fingerprint density at radius 3 is 3.12 bits per heavy atom. The Labute approximate surface area is 156 Å². The molecule has 0 aliphatic carbocycles. The van der Waals surface area contributed by atoms with Crippen molar-refractivity contribution >= 4 is 34.8 Å². The molecule has 1 saturated heterocycles. The highest BCUT2D eigenvalue weighted by Crippen LogP contribution is 2.23. The number of rotatable bonds is 7. The molecule has 1 aliphatic rings. The van der Waals surface area contributed by atoms with Crippen LogP contribution in [0.25, 0.3) is 0 Å². The summed E-state index contributed by atoms with van der Waals surface area (Å²) in [5, 5.41) is 12.2. The fourth-order valence-corrected chi connectivity index (χ4v) is 4.69. The van der Waals surface area contributed by atoms with Crippen LogP contribution in [0.5, 0.6) is 0 Å². The number of nitrogens with zero attached hydrogens (tertiary/aromatic N) is 4. The molecule has 134 valence electrons. The van der Waals surface area contributed by atoms with Crippen LogP contribution in [0.4, 0.5) is 5.82 Å². The number of hydrogen-bond acceptors (Lipinski definition) is 7. The molecule has 2 aromatic heterocycles. The largest absolute Gasteiger partial charge is 0.356 e. The van der Waals surface area contributed by atoms with Crippen molar-refractivity contribution in [3.8, 4) is 0 Å². The van der Waals surface area contributed by atoms with Gasteiger partial charge in [-0.05, 0) is 38.3 Å². The van der Waals surface area contributed by atoms with Gasteiger partial charge >= 0.3 is 0 Å².